The number of nitrogens with one attached hydrogen (secondary N) is 1. The number of ether oxygens (including phenoxy) is 1. The van der Waals surface area contributed by atoms with Gasteiger partial charge in [0.15, 0.2) is 0 Å². The molecule has 0 radical (unpaired) electrons. The molecule has 1 rings (SSSR count). The number of hydrogen-bond donors (Lipinski definition) is 2. The van der Waals surface area contributed by atoms with Gasteiger partial charge in [0.1, 0.15) is 5.75 Å². The molecule has 0 unspecified atom stereocenters. The van der Waals surface area contributed by atoms with Crippen LogP contribution in [0.5, 0.6) is 5.75 Å². The highest BCUT2D eigenvalue weighted by Gasteiger charge is 2.00. The summed E-state index contributed by atoms with van der Waals surface area (Å²) in [7, 11) is 0. The second-order valence-electron chi connectivity index (χ2n) is 3.43. The first-order valence-electron chi connectivity index (χ1n) is 5.57. The van der Waals surface area contributed by atoms with Gasteiger partial charge in [0, 0.05) is 0 Å². The lowest BCUT2D eigenvalue weighted by molar-refractivity contribution is 0.294. The summed E-state index contributed by atoms with van der Waals surface area (Å²) < 4.78 is 6.46. The van der Waals surface area contributed by atoms with Gasteiger partial charge in [0.25, 0.3) is 0 Å². The minimum absolute atomic E-state index is 0.0742. The third-order valence-corrected chi connectivity index (χ3v) is 2.57. The molecule has 0 heterocycles. The van der Waals surface area contributed by atoms with Crippen molar-refractivity contribution in [2.45, 2.75) is 13.3 Å². The second kappa shape index (κ2) is 8.08. The molecule has 5 heteroatoms. The quantitative estimate of drug-likeness (QED) is 0.461. The Morgan fingerprint density at radius 2 is 2.35 bits per heavy atom. The lowest BCUT2D eigenvalue weighted by atomic mass is 10.2. The van der Waals surface area contributed by atoms with Gasteiger partial charge < -0.3 is 15.3 Å². The average Bonchev–Trinajstić information content (AvgIpc) is 2.34. The minimum atomic E-state index is 0.0742. The highest BCUT2D eigenvalue weighted by molar-refractivity contribution is 9.10. The third-order valence-electron chi connectivity index (χ3n) is 1.95. The van der Waals surface area contributed by atoms with Gasteiger partial charge in [-0.05, 0) is 46.1 Å². The Morgan fingerprint density at radius 3 is 3.00 bits per heavy atom. The molecular formula is C12H17BrN2O2. The molecule has 0 aromatic heterocycles. The summed E-state index contributed by atoms with van der Waals surface area (Å²) in [6, 6.07) is 5.78. The van der Waals surface area contributed by atoms with E-state index in [1.165, 1.54) is 0 Å². The van der Waals surface area contributed by atoms with Crippen molar-refractivity contribution in [1.82, 2.24) is 5.43 Å². The number of benzene rings is 1. The monoisotopic (exact) mass is 300 g/mol. The van der Waals surface area contributed by atoms with Gasteiger partial charge in [-0.3, -0.25) is 0 Å². The molecule has 0 bridgehead atoms. The molecule has 0 saturated carbocycles. The zero-order valence-corrected chi connectivity index (χ0v) is 11.4. The Hall–Kier alpha value is -1.07. The highest BCUT2D eigenvalue weighted by Crippen LogP contribution is 2.25. The van der Waals surface area contributed by atoms with E-state index < -0.39 is 0 Å². The van der Waals surface area contributed by atoms with E-state index >= 15 is 0 Å². The number of halogens is 1. The summed E-state index contributed by atoms with van der Waals surface area (Å²) in [5.41, 5.74) is 3.69. The molecule has 0 spiro atoms. The van der Waals surface area contributed by atoms with Crippen molar-refractivity contribution in [3.8, 4) is 5.75 Å². The molecule has 0 aliphatic heterocycles. The van der Waals surface area contributed by atoms with Gasteiger partial charge in [-0.25, -0.2) is 0 Å². The van der Waals surface area contributed by atoms with Crippen LogP contribution in [0, 0.1) is 0 Å². The van der Waals surface area contributed by atoms with Crippen molar-refractivity contribution in [3.63, 3.8) is 0 Å². The van der Waals surface area contributed by atoms with Crippen LogP contribution in [0.2, 0.25) is 0 Å². The van der Waals surface area contributed by atoms with Crippen molar-refractivity contribution in [2.75, 3.05) is 19.8 Å². The molecule has 1 aromatic carbocycles. The maximum Gasteiger partial charge on any atom is 0.133 e. The van der Waals surface area contributed by atoms with Gasteiger partial charge in [0.05, 0.1) is 30.4 Å². The fraction of sp³-hybridized carbons (Fsp3) is 0.417. The molecule has 0 fully saturated rings. The number of hydrazone groups is 1. The summed E-state index contributed by atoms with van der Waals surface area (Å²) in [6.45, 7) is 3.31. The number of aliphatic hydroxyl groups is 1. The number of rotatable bonds is 7. The molecule has 4 nitrogen and oxygen atoms in total. The van der Waals surface area contributed by atoms with Crippen LogP contribution in [0.3, 0.4) is 0 Å². The van der Waals surface area contributed by atoms with Gasteiger partial charge in [-0.1, -0.05) is 6.92 Å². The lowest BCUT2D eigenvalue weighted by Gasteiger charge is -2.07. The van der Waals surface area contributed by atoms with E-state index in [0.717, 1.165) is 22.2 Å². The summed E-state index contributed by atoms with van der Waals surface area (Å²) in [4.78, 5) is 0. The fourth-order valence-electron chi connectivity index (χ4n) is 1.16. The van der Waals surface area contributed by atoms with Crippen LogP contribution in [0.15, 0.2) is 27.8 Å². The fourth-order valence-corrected chi connectivity index (χ4v) is 1.67. The molecule has 0 aliphatic carbocycles. The Bertz CT molecular complexity index is 370. The van der Waals surface area contributed by atoms with E-state index in [0.29, 0.717) is 13.2 Å². The largest absolute Gasteiger partial charge is 0.492 e. The van der Waals surface area contributed by atoms with Gasteiger partial charge in [0.2, 0.25) is 0 Å². The first kappa shape index (κ1) is 14.0. The third kappa shape index (κ3) is 5.19. The summed E-state index contributed by atoms with van der Waals surface area (Å²) in [5, 5.41) is 12.5. The SMILES string of the molecule is CCCOc1ccc(C=NNCCO)cc1Br. The standard InChI is InChI=1S/C12H17BrN2O2/c1-2-7-17-12-4-3-10(8-11(12)13)9-15-14-5-6-16/h3-4,8-9,14,16H,2,5-7H2,1H3. The first-order valence-corrected chi connectivity index (χ1v) is 6.36. The Morgan fingerprint density at radius 1 is 1.53 bits per heavy atom. The maximum atomic E-state index is 8.57. The van der Waals surface area contributed by atoms with E-state index in [4.69, 9.17) is 9.84 Å². The van der Waals surface area contributed by atoms with Gasteiger partial charge in [-0.2, -0.15) is 5.10 Å². The molecule has 17 heavy (non-hydrogen) atoms. The summed E-state index contributed by atoms with van der Waals surface area (Å²) >= 11 is 3.45. The molecule has 0 saturated heterocycles. The average molecular weight is 301 g/mol. The van der Waals surface area contributed by atoms with Crippen molar-refractivity contribution in [1.29, 1.82) is 0 Å². The normalized spacial score (nSPS) is 10.8. The van der Waals surface area contributed by atoms with E-state index in [1.807, 2.05) is 18.2 Å². The van der Waals surface area contributed by atoms with E-state index in [-0.39, 0.29) is 6.61 Å². The topological polar surface area (TPSA) is 53.8 Å². The molecule has 94 valence electrons. The molecule has 0 atom stereocenters. The van der Waals surface area contributed by atoms with Crippen LogP contribution in [0.4, 0.5) is 0 Å². The van der Waals surface area contributed by atoms with Crippen molar-refractivity contribution in [2.24, 2.45) is 5.10 Å². The summed E-state index contributed by atoms with van der Waals surface area (Å²) in [6.07, 6.45) is 2.69. The lowest BCUT2D eigenvalue weighted by Crippen LogP contribution is -2.11. The maximum absolute atomic E-state index is 8.57. The minimum Gasteiger partial charge on any atom is -0.492 e. The number of nitrogens with zero attached hydrogens (tertiary/aromatic N) is 1. The van der Waals surface area contributed by atoms with Crippen LogP contribution in [0.1, 0.15) is 18.9 Å². The number of aliphatic hydroxyl groups excluding tert-OH is 1. The Labute approximate surface area is 110 Å². The predicted molar refractivity (Wildman–Crippen MR) is 72.6 cm³/mol. The van der Waals surface area contributed by atoms with Crippen LogP contribution in [-0.4, -0.2) is 31.1 Å². The zero-order chi connectivity index (χ0) is 12.5. The Kier molecular flexibility index (Phi) is 6.65. The predicted octanol–water partition coefficient (Wildman–Crippen LogP) is 2.15. The molecule has 0 amide bonds. The van der Waals surface area contributed by atoms with Crippen molar-refractivity contribution >= 4 is 22.1 Å². The molecule has 1 aromatic rings. The molecule has 0 aliphatic rings. The molecule has 2 N–H and O–H groups in total. The van der Waals surface area contributed by atoms with Crippen LogP contribution >= 0.6 is 15.9 Å². The Balaban J connectivity index is 2.58. The van der Waals surface area contributed by atoms with E-state index in [2.05, 4.69) is 33.4 Å². The smallest absolute Gasteiger partial charge is 0.133 e. The van der Waals surface area contributed by atoms with Gasteiger partial charge in [-0.15, -0.1) is 0 Å². The van der Waals surface area contributed by atoms with Gasteiger partial charge >= 0.3 is 0 Å². The summed E-state index contributed by atoms with van der Waals surface area (Å²) in [5.74, 6) is 0.840. The van der Waals surface area contributed by atoms with E-state index in [1.54, 1.807) is 6.21 Å². The van der Waals surface area contributed by atoms with Crippen LogP contribution in [0.25, 0.3) is 0 Å². The number of hydrogen-bond acceptors (Lipinski definition) is 4. The first-order chi connectivity index (χ1) is 8.27. The molecular weight excluding hydrogens is 284 g/mol. The second-order valence-corrected chi connectivity index (χ2v) is 4.28. The van der Waals surface area contributed by atoms with E-state index in [9.17, 15) is 0 Å². The van der Waals surface area contributed by atoms with Crippen LogP contribution in [-0.2, 0) is 0 Å². The van der Waals surface area contributed by atoms with Crippen molar-refractivity contribution < 1.29 is 9.84 Å². The van der Waals surface area contributed by atoms with Crippen molar-refractivity contribution in [3.05, 3.63) is 28.2 Å². The zero-order valence-electron chi connectivity index (χ0n) is 9.82. The van der Waals surface area contributed by atoms with Crippen LogP contribution < -0.4 is 10.2 Å². The highest BCUT2D eigenvalue weighted by atomic mass is 79.9.